The molecule has 1 aliphatic heterocycles. The van der Waals surface area contributed by atoms with E-state index >= 15 is 0 Å². The van der Waals surface area contributed by atoms with Crippen LogP contribution in [0.3, 0.4) is 0 Å². The van der Waals surface area contributed by atoms with Crippen LogP contribution in [0.4, 0.5) is 10.6 Å². The first-order chi connectivity index (χ1) is 13.0. The van der Waals surface area contributed by atoms with E-state index in [0.717, 1.165) is 54.8 Å². The van der Waals surface area contributed by atoms with Gasteiger partial charge in [0.25, 0.3) is 0 Å². The minimum atomic E-state index is -0.111. The minimum absolute atomic E-state index is 0.111. The third kappa shape index (κ3) is 5.40. The Bertz CT molecular complexity index is 739. The summed E-state index contributed by atoms with van der Waals surface area (Å²) in [6.45, 7) is 10.4. The van der Waals surface area contributed by atoms with E-state index in [1.54, 1.807) is 23.3 Å². The van der Waals surface area contributed by atoms with E-state index < -0.39 is 0 Å². The number of carbonyl (C=O) groups excluding carboxylic acids is 1. The topological polar surface area (TPSA) is 64.6 Å². The van der Waals surface area contributed by atoms with Crippen LogP contribution in [0.2, 0.25) is 0 Å². The standard InChI is InChI=1S/C19H28N6OS/c1-4-24-7-9-25(10-8-24)18-6-5-16(11-20-18)12-21-19(26)23(3)13-17-14-27-15(2)22-17/h5-6,11,14H,4,7-10,12-13H2,1-3H3,(H,21,26). The van der Waals surface area contributed by atoms with E-state index in [9.17, 15) is 4.79 Å². The Kier molecular flexibility index (Phi) is 6.63. The summed E-state index contributed by atoms with van der Waals surface area (Å²) < 4.78 is 0. The van der Waals surface area contributed by atoms with E-state index in [-0.39, 0.29) is 6.03 Å². The summed E-state index contributed by atoms with van der Waals surface area (Å²) in [4.78, 5) is 27.6. The number of piperazine rings is 1. The summed E-state index contributed by atoms with van der Waals surface area (Å²) in [5.41, 5.74) is 1.92. The maximum absolute atomic E-state index is 12.3. The number of nitrogens with zero attached hydrogens (tertiary/aromatic N) is 5. The predicted octanol–water partition coefficient (Wildman–Crippen LogP) is 2.33. The Labute approximate surface area is 165 Å². The quantitative estimate of drug-likeness (QED) is 0.823. The molecule has 1 saturated heterocycles. The molecule has 0 aromatic carbocycles. The third-order valence-electron chi connectivity index (χ3n) is 4.81. The normalized spacial score (nSPS) is 15.0. The van der Waals surface area contributed by atoms with Crippen molar-refractivity contribution in [1.82, 2.24) is 25.1 Å². The number of hydrogen-bond donors (Lipinski definition) is 1. The number of hydrogen-bond acceptors (Lipinski definition) is 6. The van der Waals surface area contributed by atoms with Gasteiger partial charge in [0.05, 0.1) is 17.2 Å². The lowest BCUT2D eigenvalue weighted by Gasteiger charge is -2.34. The van der Waals surface area contributed by atoms with Crippen molar-refractivity contribution >= 4 is 23.2 Å². The number of aromatic nitrogens is 2. The molecule has 3 rings (SSSR count). The van der Waals surface area contributed by atoms with Crippen LogP contribution in [0.1, 0.15) is 23.2 Å². The molecule has 146 valence electrons. The van der Waals surface area contributed by atoms with E-state index in [4.69, 9.17) is 0 Å². The second kappa shape index (κ2) is 9.14. The Balaban J connectivity index is 1.46. The zero-order valence-corrected chi connectivity index (χ0v) is 17.1. The summed E-state index contributed by atoms with van der Waals surface area (Å²) in [7, 11) is 1.78. The number of carbonyl (C=O) groups is 1. The van der Waals surface area contributed by atoms with Gasteiger partial charge in [-0.1, -0.05) is 13.0 Å². The molecule has 2 aromatic rings. The summed E-state index contributed by atoms with van der Waals surface area (Å²) in [5.74, 6) is 1.01. The van der Waals surface area contributed by atoms with Gasteiger partial charge in [-0.15, -0.1) is 11.3 Å². The Morgan fingerprint density at radius 3 is 2.67 bits per heavy atom. The molecular weight excluding hydrogens is 360 g/mol. The van der Waals surface area contributed by atoms with Crippen molar-refractivity contribution in [2.45, 2.75) is 26.9 Å². The van der Waals surface area contributed by atoms with E-state index in [1.807, 2.05) is 30.6 Å². The highest BCUT2D eigenvalue weighted by molar-refractivity contribution is 7.09. The highest BCUT2D eigenvalue weighted by Crippen LogP contribution is 2.14. The average molecular weight is 389 g/mol. The second-order valence-electron chi connectivity index (χ2n) is 6.82. The van der Waals surface area contributed by atoms with Gasteiger partial charge in [0, 0.05) is 51.3 Å². The van der Waals surface area contributed by atoms with E-state index in [0.29, 0.717) is 13.1 Å². The lowest BCUT2D eigenvalue weighted by Crippen LogP contribution is -2.46. The number of pyridine rings is 1. The van der Waals surface area contributed by atoms with Gasteiger partial charge in [-0.05, 0) is 25.1 Å². The van der Waals surface area contributed by atoms with Crippen LogP contribution < -0.4 is 10.2 Å². The lowest BCUT2D eigenvalue weighted by atomic mass is 10.2. The van der Waals surface area contributed by atoms with Crippen LogP contribution in [0.15, 0.2) is 23.7 Å². The first-order valence-electron chi connectivity index (χ1n) is 9.37. The molecule has 0 bridgehead atoms. The second-order valence-corrected chi connectivity index (χ2v) is 7.88. The summed E-state index contributed by atoms with van der Waals surface area (Å²) in [5, 5.41) is 5.94. The number of anilines is 1. The molecule has 1 fully saturated rings. The summed E-state index contributed by atoms with van der Waals surface area (Å²) in [6, 6.07) is 3.98. The molecule has 0 unspecified atom stereocenters. The number of nitrogens with one attached hydrogen (secondary N) is 1. The van der Waals surface area contributed by atoms with Crippen molar-refractivity contribution in [3.8, 4) is 0 Å². The van der Waals surface area contributed by atoms with Crippen molar-refractivity contribution < 1.29 is 4.79 Å². The first kappa shape index (κ1) is 19.6. The molecule has 0 atom stereocenters. The zero-order valence-electron chi connectivity index (χ0n) is 16.3. The van der Waals surface area contributed by atoms with Crippen LogP contribution in [-0.4, -0.2) is 65.6 Å². The highest BCUT2D eigenvalue weighted by Gasteiger charge is 2.16. The smallest absolute Gasteiger partial charge is 0.317 e. The van der Waals surface area contributed by atoms with Crippen LogP contribution in [-0.2, 0) is 13.1 Å². The predicted molar refractivity (Wildman–Crippen MR) is 109 cm³/mol. The summed E-state index contributed by atoms with van der Waals surface area (Å²) in [6.07, 6.45) is 1.85. The third-order valence-corrected chi connectivity index (χ3v) is 5.63. The zero-order chi connectivity index (χ0) is 19.2. The monoisotopic (exact) mass is 388 g/mol. The Hall–Kier alpha value is -2.19. The summed E-state index contributed by atoms with van der Waals surface area (Å²) >= 11 is 1.60. The van der Waals surface area contributed by atoms with Crippen molar-refractivity contribution in [3.05, 3.63) is 40.0 Å². The number of rotatable bonds is 6. The van der Waals surface area contributed by atoms with Gasteiger partial charge in [0.1, 0.15) is 5.82 Å². The van der Waals surface area contributed by atoms with Crippen LogP contribution in [0, 0.1) is 6.92 Å². The average Bonchev–Trinajstić information content (AvgIpc) is 3.11. The van der Waals surface area contributed by atoms with E-state index in [2.05, 4.69) is 32.0 Å². The van der Waals surface area contributed by atoms with E-state index in [1.165, 1.54) is 0 Å². The van der Waals surface area contributed by atoms with Gasteiger partial charge in [-0.25, -0.2) is 14.8 Å². The number of thiazole rings is 1. The molecule has 0 aliphatic carbocycles. The molecule has 8 heteroatoms. The lowest BCUT2D eigenvalue weighted by molar-refractivity contribution is 0.206. The van der Waals surface area contributed by atoms with Crippen molar-refractivity contribution in [3.63, 3.8) is 0 Å². The van der Waals surface area contributed by atoms with Crippen molar-refractivity contribution in [2.75, 3.05) is 44.7 Å². The molecule has 0 saturated carbocycles. The molecule has 27 heavy (non-hydrogen) atoms. The molecule has 1 N–H and O–H groups in total. The fraction of sp³-hybridized carbons (Fsp3) is 0.526. The van der Waals surface area contributed by atoms with Crippen molar-refractivity contribution in [1.29, 1.82) is 0 Å². The van der Waals surface area contributed by atoms with Gasteiger partial charge >= 0.3 is 6.03 Å². The van der Waals surface area contributed by atoms with Gasteiger partial charge in [-0.3, -0.25) is 0 Å². The fourth-order valence-corrected chi connectivity index (χ4v) is 3.71. The Morgan fingerprint density at radius 1 is 1.30 bits per heavy atom. The van der Waals surface area contributed by atoms with Gasteiger partial charge in [0.15, 0.2) is 0 Å². The number of amides is 2. The molecule has 1 aliphatic rings. The maximum Gasteiger partial charge on any atom is 0.317 e. The molecule has 0 spiro atoms. The first-order valence-corrected chi connectivity index (χ1v) is 10.3. The van der Waals surface area contributed by atoms with Crippen molar-refractivity contribution in [2.24, 2.45) is 0 Å². The highest BCUT2D eigenvalue weighted by atomic mass is 32.1. The number of aryl methyl sites for hydroxylation is 1. The van der Waals surface area contributed by atoms with Gasteiger partial charge < -0.3 is 20.0 Å². The van der Waals surface area contributed by atoms with Gasteiger partial charge in [0.2, 0.25) is 0 Å². The Morgan fingerprint density at radius 2 is 2.07 bits per heavy atom. The SMILES string of the molecule is CCN1CCN(c2ccc(CNC(=O)N(C)Cc3csc(C)n3)cn2)CC1. The molecule has 7 nitrogen and oxygen atoms in total. The minimum Gasteiger partial charge on any atom is -0.354 e. The van der Waals surface area contributed by atoms with Gasteiger partial charge in [-0.2, -0.15) is 0 Å². The molecular formula is C19H28N6OS. The maximum atomic E-state index is 12.3. The fourth-order valence-electron chi connectivity index (χ4n) is 3.11. The molecule has 3 heterocycles. The largest absolute Gasteiger partial charge is 0.354 e. The molecule has 2 aromatic heterocycles. The van der Waals surface area contributed by atoms with Crippen LogP contribution in [0.25, 0.3) is 0 Å². The number of urea groups is 1. The van der Waals surface area contributed by atoms with Crippen LogP contribution >= 0.6 is 11.3 Å². The molecule has 0 radical (unpaired) electrons. The van der Waals surface area contributed by atoms with Crippen LogP contribution in [0.5, 0.6) is 0 Å². The molecule has 2 amide bonds. The number of likely N-dealkylation sites (N-methyl/N-ethyl adjacent to an activating group) is 1.